The summed E-state index contributed by atoms with van der Waals surface area (Å²) >= 11 is 0. The van der Waals surface area contributed by atoms with Crippen LogP contribution < -0.4 is 10.2 Å². The molecule has 0 bridgehead atoms. The third kappa shape index (κ3) is 4.65. The van der Waals surface area contributed by atoms with Crippen LogP contribution in [0.1, 0.15) is 20.7 Å². The van der Waals surface area contributed by atoms with E-state index in [0.29, 0.717) is 0 Å². The fourth-order valence-corrected chi connectivity index (χ4v) is 2.81. The zero-order valence-corrected chi connectivity index (χ0v) is 17.1. The van der Waals surface area contributed by atoms with Crippen LogP contribution in [0.25, 0.3) is 21.5 Å². The minimum absolute atomic E-state index is 0. The third-order valence-corrected chi connectivity index (χ3v) is 4.02. The monoisotopic (exact) mass is 462 g/mol. The molecule has 0 aromatic heterocycles. The molecule has 0 N–H and O–H groups in total. The van der Waals surface area contributed by atoms with E-state index in [9.17, 15) is 19.8 Å². The molecule has 0 saturated carbocycles. The van der Waals surface area contributed by atoms with Gasteiger partial charge in [-0.2, -0.15) is 0 Å². The van der Waals surface area contributed by atoms with E-state index in [4.69, 9.17) is 0 Å². The number of benzene rings is 4. The fraction of sp³-hybridized carbons (Fsp3) is 0. The Kier molecular flexibility index (Phi) is 6.96. The van der Waals surface area contributed by atoms with E-state index in [0.717, 1.165) is 21.5 Å². The van der Waals surface area contributed by atoms with Gasteiger partial charge in [0.1, 0.15) is 0 Å². The molecule has 0 aliphatic carbocycles. The van der Waals surface area contributed by atoms with Crippen LogP contribution in [-0.4, -0.2) is 35.8 Å². The molecule has 0 aliphatic rings. The van der Waals surface area contributed by atoms with E-state index in [2.05, 4.69) is 0 Å². The number of carboxylic acids is 2. The second kappa shape index (κ2) is 9.18. The molecule has 27 heavy (non-hydrogen) atoms. The minimum atomic E-state index is -1.13. The number of carbonyl (C=O) groups is 2. The summed E-state index contributed by atoms with van der Waals surface area (Å²) in [4.78, 5) is 21.4. The summed E-state index contributed by atoms with van der Waals surface area (Å²) in [5, 5.41) is 24.7. The van der Waals surface area contributed by atoms with E-state index in [-0.39, 0.29) is 35.0 Å². The Morgan fingerprint density at radius 2 is 0.852 bits per heavy atom. The molecule has 0 heterocycles. The topological polar surface area (TPSA) is 80.3 Å². The summed E-state index contributed by atoms with van der Waals surface area (Å²) in [5.41, 5.74) is 0.496. The number of carboxylic acid groups (broad SMARTS) is 2. The van der Waals surface area contributed by atoms with Crippen molar-refractivity contribution >= 4 is 57.4 Å². The van der Waals surface area contributed by atoms with Crippen molar-refractivity contribution in [2.45, 2.75) is 0 Å². The van der Waals surface area contributed by atoms with Crippen molar-refractivity contribution in [1.82, 2.24) is 0 Å². The van der Waals surface area contributed by atoms with Crippen LogP contribution in [0, 0.1) is 0 Å². The quantitative estimate of drug-likeness (QED) is 0.428. The van der Waals surface area contributed by atoms with Gasteiger partial charge in [0.15, 0.2) is 0 Å². The second-order valence-electron chi connectivity index (χ2n) is 5.63. The molecule has 0 saturated heterocycles. The molecular weight excluding hydrogens is 447 g/mol. The molecule has 130 valence electrons. The molecule has 0 unspecified atom stereocenters. The third-order valence-electron chi connectivity index (χ3n) is 4.02. The predicted octanol–water partition coefficient (Wildman–Crippen LogP) is 2.03. The first-order chi connectivity index (χ1) is 12.6. The number of hydrogen-bond acceptors (Lipinski definition) is 4. The Labute approximate surface area is 173 Å². The van der Waals surface area contributed by atoms with E-state index in [1.807, 2.05) is 48.5 Å². The Morgan fingerprint density at radius 3 is 1.22 bits per heavy atom. The first-order valence-corrected chi connectivity index (χ1v) is 7.96. The fourth-order valence-electron chi connectivity index (χ4n) is 2.81. The van der Waals surface area contributed by atoms with Gasteiger partial charge in [-0.1, -0.05) is 84.9 Å². The van der Waals surface area contributed by atoms with Crippen LogP contribution in [-0.2, 0) is 0 Å². The Bertz CT molecular complexity index is 1010. The first kappa shape index (κ1) is 20.5. The van der Waals surface area contributed by atoms with Crippen LogP contribution in [0.3, 0.4) is 0 Å². The van der Waals surface area contributed by atoms with Crippen LogP contribution in [0.4, 0.5) is 0 Å². The maximum Gasteiger partial charge on any atom is 2.00 e. The Morgan fingerprint density at radius 1 is 0.519 bits per heavy atom. The summed E-state index contributed by atoms with van der Waals surface area (Å²) in [6.45, 7) is 0. The second-order valence-corrected chi connectivity index (χ2v) is 5.63. The van der Waals surface area contributed by atoms with Gasteiger partial charge in [-0.3, -0.25) is 0 Å². The van der Waals surface area contributed by atoms with Crippen molar-refractivity contribution in [2.24, 2.45) is 0 Å². The molecular formula is C22H14O4Sn. The molecule has 0 spiro atoms. The number of rotatable bonds is 2. The minimum Gasteiger partial charge on any atom is -0.545 e. The normalized spacial score (nSPS) is 9.78. The molecule has 0 fully saturated rings. The number of fused-ring (bicyclic) bond motifs is 2. The van der Waals surface area contributed by atoms with Gasteiger partial charge in [0.2, 0.25) is 0 Å². The summed E-state index contributed by atoms with van der Waals surface area (Å²) in [6, 6.07) is 25.0. The van der Waals surface area contributed by atoms with E-state index in [1.165, 1.54) is 0 Å². The van der Waals surface area contributed by atoms with Crippen molar-refractivity contribution in [1.29, 1.82) is 0 Å². The summed E-state index contributed by atoms with van der Waals surface area (Å²) in [5.74, 6) is -2.26. The van der Waals surface area contributed by atoms with Crippen LogP contribution in [0.5, 0.6) is 0 Å². The molecule has 4 aromatic rings. The van der Waals surface area contributed by atoms with E-state index >= 15 is 0 Å². The molecule has 5 heteroatoms. The van der Waals surface area contributed by atoms with Crippen molar-refractivity contribution in [3.63, 3.8) is 0 Å². The van der Waals surface area contributed by atoms with E-state index in [1.54, 1.807) is 36.4 Å². The van der Waals surface area contributed by atoms with Crippen LogP contribution in [0.2, 0.25) is 0 Å². The Balaban J connectivity index is 0.000000187. The average molecular weight is 461 g/mol. The summed E-state index contributed by atoms with van der Waals surface area (Å²) < 4.78 is 0. The van der Waals surface area contributed by atoms with Gasteiger partial charge in [-0.25, -0.2) is 0 Å². The smallest absolute Gasteiger partial charge is 0.545 e. The van der Waals surface area contributed by atoms with Crippen molar-refractivity contribution in [2.75, 3.05) is 0 Å². The maximum atomic E-state index is 10.7. The van der Waals surface area contributed by atoms with Crippen LogP contribution in [0.15, 0.2) is 84.9 Å². The van der Waals surface area contributed by atoms with Crippen LogP contribution >= 0.6 is 0 Å². The molecule has 2 radical (unpaired) electrons. The van der Waals surface area contributed by atoms with Crippen molar-refractivity contribution in [3.8, 4) is 0 Å². The molecule has 4 aromatic carbocycles. The number of carbonyl (C=O) groups excluding carboxylic acids is 2. The molecule has 4 nitrogen and oxygen atoms in total. The first-order valence-electron chi connectivity index (χ1n) is 7.96. The zero-order valence-electron chi connectivity index (χ0n) is 14.2. The summed E-state index contributed by atoms with van der Waals surface area (Å²) in [6.07, 6.45) is 0. The van der Waals surface area contributed by atoms with Crippen molar-refractivity contribution < 1.29 is 19.8 Å². The largest absolute Gasteiger partial charge is 2.00 e. The molecule has 0 amide bonds. The van der Waals surface area contributed by atoms with Crippen molar-refractivity contribution in [3.05, 3.63) is 96.1 Å². The molecule has 4 rings (SSSR count). The van der Waals surface area contributed by atoms with Gasteiger partial charge in [-0.05, 0) is 21.5 Å². The van der Waals surface area contributed by atoms with Gasteiger partial charge >= 0.3 is 23.9 Å². The predicted molar refractivity (Wildman–Crippen MR) is 102 cm³/mol. The maximum absolute atomic E-state index is 10.7. The molecule has 0 atom stereocenters. The average Bonchev–Trinajstić information content (AvgIpc) is 2.67. The number of aromatic carboxylic acids is 2. The number of hydrogen-bond donors (Lipinski definition) is 0. The SMILES string of the molecule is O=C([O-])c1cccc2ccccc12.O=C([O-])c1cccc2ccccc12.[Sn+2]. The zero-order chi connectivity index (χ0) is 18.5. The van der Waals surface area contributed by atoms with Gasteiger partial charge in [-0.15, -0.1) is 0 Å². The molecule has 0 aliphatic heterocycles. The van der Waals surface area contributed by atoms with E-state index < -0.39 is 11.9 Å². The van der Waals surface area contributed by atoms with Gasteiger partial charge < -0.3 is 19.8 Å². The van der Waals surface area contributed by atoms with Gasteiger partial charge in [0.25, 0.3) is 0 Å². The Hall–Kier alpha value is -2.86. The van der Waals surface area contributed by atoms with Gasteiger partial charge in [0.05, 0.1) is 11.9 Å². The summed E-state index contributed by atoms with van der Waals surface area (Å²) in [7, 11) is 0. The van der Waals surface area contributed by atoms with Gasteiger partial charge in [0, 0.05) is 11.1 Å². The standard InChI is InChI=1S/2C11H8O2.Sn/c2*12-11(13)10-7-3-5-8-4-1-2-6-9(8)10;/h2*1-7H,(H,12,13);/q;;+2/p-2.